The number of aromatic hydroxyl groups is 1. The van der Waals surface area contributed by atoms with Crippen molar-refractivity contribution in [1.29, 1.82) is 0 Å². The molecule has 3 atom stereocenters. The van der Waals surface area contributed by atoms with Crippen molar-refractivity contribution in [2.24, 2.45) is 5.73 Å². The van der Waals surface area contributed by atoms with Crippen molar-refractivity contribution in [3.63, 3.8) is 0 Å². The highest BCUT2D eigenvalue weighted by molar-refractivity contribution is 7.58. The maximum atomic E-state index is 12.5. The molecule has 0 heterocycles. The average Bonchev–Trinajstić information content (AvgIpc) is 2.65. The lowest BCUT2D eigenvalue weighted by molar-refractivity contribution is -0.139. The van der Waals surface area contributed by atoms with Crippen LogP contribution in [0.15, 0.2) is 54.6 Å². The van der Waals surface area contributed by atoms with E-state index in [2.05, 4.69) is 5.32 Å². The van der Waals surface area contributed by atoms with Crippen molar-refractivity contribution in [2.45, 2.75) is 31.1 Å². The first-order valence-electron chi connectivity index (χ1n) is 8.63. The standard InChI is InChI=1S/C19H25N2O5P/c20-18(11-8-14-4-2-1-3-5-14)27(25,26)13-21-17(19(23)24)12-15-6-9-16(22)10-7-15/h1-7,9-10,17-18,21-22H,8,11-13,20H2,(H,23,24)(H,25,26)/t17-,18?/m0/s1. The van der Waals surface area contributed by atoms with E-state index in [1.165, 1.54) is 12.1 Å². The number of hydrogen-bond donors (Lipinski definition) is 5. The zero-order valence-corrected chi connectivity index (χ0v) is 15.8. The Morgan fingerprint density at radius 3 is 2.30 bits per heavy atom. The van der Waals surface area contributed by atoms with E-state index in [-0.39, 0.29) is 18.5 Å². The Morgan fingerprint density at radius 2 is 1.70 bits per heavy atom. The van der Waals surface area contributed by atoms with Gasteiger partial charge in [-0.05, 0) is 42.5 Å². The van der Waals surface area contributed by atoms with Crippen LogP contribution < -0.4 is 11.1 Å². The van der Waals surface area contributed by atoms with Gasteiger partial charge in [0, 0.05) is 0 Å². The molecular weight excluding hydrogens is 367 g/mol. The van der Waals surface area contributed by atoms with Crippen molar-refractivity contribution < 1.29 is 24.5 Å². The highest BCUT2D eigenvalue weighted by atomic mass is 31.2. The van der Waals surface area contributed by atoms with Gasteiger partial charge in [0.1, 0.15) is 11.8 Å². The molecule has 2 aromatic carbocycles. The van der Waals surface area contributed by atoms with E-state index in [0.29, 0.717) is 18.4 Å². The summed E-state index contributed by atoms with van der Waals surface area (Å²) in [5, 5.41) is 21.3. The highest BCUT2D eigenvalue weighted by Gasteiger charge is 2.29. The van der Waals surface area contributed by atoms with Crippen LogP contribution in [0.25, 0.3) is 0 Å². The number of rotatable bonds is 10. The quantitative estimate of drug-likeness (QED) is 0.391. The first kappa shape index (κ1) is 21.1. The van der Waals surface area contributed by atoms with Gasteiger partial charge < -0.3 is 20.8 Å². The van der Waals surface area contributed by atoms with Gasteiger partial charge in [0.05, 0.1) is 12.1 Å². The van der Waals surface area contributed by atoms with Crippen molar-refractivity contribution in [2.75, 3.05) is 6.29 Å². The van der Waals surface area contributed by atoms with Crippen LogP contribution in [0.1, 0.15) is 17.5 Å². The number of carboxylic acids is 1. The average molecular weight is 392 g/mol. The van der Waals surface area contributed by atoms with Gasteiger partial charge in [-0.1, -0.05) is 42.5 Å². The molecule has 6 N–H and O–H groups in total. The number of aryl methyl sites for hydroxylation is 1. The molecule has 0 aliphatic heterocycles. The lowest BCUT2D eigenvalue weighted by atomic mass is 10.1. The minimum Gasteiger partial charge on any atom is -0.508 e. The Labute approximate surface area is 158 Å². The number of aliphatic carboxylic acids is 1. The summed E-state index contributed by atoms with van der Waals surface area (Å²) in [4.78, 5) is 21.7. The number of benzene rings is 2. The maximum Gasteiger partial charge on any atom is 0.321 e. The van der Waals surface area contributed by atoms with Gasteiger partial charge in [-0.25, -0.2) is 0 Å². The van der Waals surface area contributed by atoms with Gasteiger partial charge in [0.25, 0.3) is 0 Å². The lowest BCUT2D eigenvalue weighted by Crippen LogP contribution is -2.40. The number of carbonyl (C=O) groups is 1. The number of phenols is 1. The molecule has 0 aromatic heterocycles. The van der Waals surface area contributed by atoms with Gasteiger partial charge in [-0.15, -0.1) is 0 Å². The summed E-state index contributed by atoms with van der Waals surface area (Å²) in [5.41, 5.74) is 7.62. The summed E-state index contributed by atoms with van der Waals surface area (Å²) in [7, 11) is -3.76. The van der Waals surface area contributed by atoms with Crippen LogP contribution in [0.2, 0.25) is 0 Å². The fourth-order valence-electron chi connectivity index (χ4n) is 2.63. The Morgan fingerprint density at radius 1 is 1.07 bits per heavy atom. The SMILES string of the molecule is NC(CCc1ccccc1)P(=O)(O)CN[C@@H](Cc1ccc(O)cc1)C(=O)O. The molecule has 8 heteroatoms. The number of nitrogens with two attached hydrogens (primary N) is 1. The summed E-state index contributed by atoms with van der Waals surface area (Å²) in [5.74, 6) is -1.97. The van der Waals surface area contributed by atoms with Crippen LogP contribution >= 0.6 is 7.37 Å². The molecule has 2 unspecified atom stereocenters. The minimum absolute atomic E-state index is 0.0860. The van der Waals surface area contributed by atoms with Crippen LogP contribution in [0.3, 0.4) is 0 Å². The molecular formula is C19H25N2O5P. The Bertz CT molecular complexity index is 782. The van der Waals surface area contributed by atoms with Crippen molar-refractivity contribution in [3.05, 3.63) is 65.7 Å². The van der Waals surface area contributed by atoms with Crippen molar-refractivity contribution >= 4 is 13.3 Å². The topological polar surface area (TPSA) is 133 Å². The molecule has 146 valence electrons. The second-order valence-corrected chi connectivity index (χ2v) is 8.96. The number of hydrogen-bond acceptors (Lipinski definition) is 5. The number of nitrogens with one attached hydrogen (secondary N) is 1. The third kappa shape index (κ3) is 6.81. The minimum atomic E-state index is -3.76. The van der Waals surface area contributed by atoms with E-state index < -0.39 is 25.2 Å². The molecule has 0 fully saturated rings. The maximum absolute atomic E-state index is 12.5. The van der Waals surface area contributed by atoms with Crippen molar-refractivity contribution in [3.8, 4) is 5.75 Å². The van der Waals surface area contributed by atoms with Crippen LogP contribution in [0.4, 0.5) is 0 Å². The Balaban J connectivity index is 1.90. The molecule has 7 nitrogen and oxygen atoms in total. The molecule has 0 radical (unpaired) electrons. The molecule has 0 saturated heterocycles. The third-order valence-electron chi connectivity index (χ3n) is 4.33. The second-order valence-electron chi connectivity index (χ2n) is 6.47. The van der Waals surface area contributed by atoms with Crippen LogP contribution in [-0.2, 0) is 22.2 Å². The summed E-state index contributed by atoms with van der Waals surface area (Å²) in [6, 6.07) is 14.6. The van der Waals surface area contributed by atoms with E-state index in [0.717, 1.165) is 5.56 Å². The van der Waals surface area contributed by atoms with E-state index >= 15 is 0 Å². The van der Waals surface area contributed by atoms with Gasteiger partial charge >= 0.3 is 5.97 Å². The molecule has 27 heavy (non-hydrogen) atoms. The third-order valence-corrected chi connectivity index (χ3v) is 6.26. The second kappa shape index (κ2) is 9.67. The first-order valence-corrected chi connectivity index (χ1v) is 10.5. The lowest BCUT2D eigenvalue weighted by Gasteiger charge is -2.22. The van der Waals surface area contributed by atoms with Gasteiger partial charge in [-0.2, -0.15) is 0 Å². The largest absolute Gasteiger partial charge is 0.508 e. The number of carboxylic acid groups (broad SMARTS) is 1. The predicted octanol–water partition coefficient (Wildman–Crippen LogP) is 2.12. The molecule has 2 aromatic rings. The molecule has 0 bridgehead atoms. The molecule has 0 aliphatic carbocycles. The zero-order chi connectivity index (χ0) is 19.9. The molecule has 0 aliphatic rings. The van der Waals surface area contributed by atoms with E-state index in [1.54, 1.807) is 12.1 Å². The normalized spacial score (nSPS) is 15.6. The van der Waals surface area contributed by atoms with Crippen molar-refractivity contribution in [1.82, 2.24) is 5.32 Å². The molecule has 0 saturated carbocycles. The number of phenolic OH excluding ortho intramolecular Hbond substituents is 1. The molecule has 0 amide bonds. The van der Waals surface area contributed by atoms with Crippen LogP contribution in [0, 0.1) is 0 Å². The van der Waals surface area contributed by atoms with Crippen LogP contribution in [-0.4, -0.2) is 39.2 Å². The van der Waals surface area contributed by atoms with E-state index in [1.807, 2.05) is 30.3 Å². The zero-order valence-electron chi connectivity index (χ0n) is 14.9. The Kier molecular flexibility index (Phi) is 7.56. The van der Waals surface area contributed by atoms with Crippen LogP contribution in [0.5, 0.6) is 5.75 Å². The highest BCUT2D eigenvalue weighted by Crippen LogP contribution is 2.44. The summed E-state index contributed by atoms with van der Waals surface area (Å²) in [6.07, 6.45) is 0.643. The smallest absolute Gasteiger partial charge is 0.321 e. The van der Waals surface area contributed by atoms with Gasteiger partial charge in [-0.3, -0.25) is 14.7 Å². The monoisotopic (exact) mass is 392 g/mol. The molecule has 0 spiro atoms. The Hall–Kier alpha value is -2.18. The predicted molar refractivity (Wildman–Crippen MR) is 104 cm³/mol. The van der Waals surface area contributed by atoms with E-state index in [4.69, 9.17) is 5.73 Å². The van der Waals surface area contributed by atoms with E-state index in [9.17, 15) is 24.5 Å². The summed E-state index contributed by atoms with van der Waals surface area (Å²) < 4.78 is 12.5. The van der Waals surface area contributed by atoms with Gasteiger partial charge in [0.15, 0.2) is 0 Å². The summed E-state index contributed by atoms with van der Waals surface area (Å²) in [6.45, 7) is 0. The fourth-order valence-corrected chi connectivity index (χ4v) is 3.88. The summed E-state index contributed by atoms with van der Waals surface area (Å²) >= 11 is 0. The molecule has 2 rings (SSSR count). The fraction of sp³-hybridized carbons (Fsp3) is 0.316. The van der Waals surface area contributed by atoms with Gasteiger partial charge in [0.2, 0.25) is 7.37 Å². The first-order chi connectivity index (χ1) is 12.8.